The van der Waals surface area contributed by atoms with Crippen molar-refractivity contribution >= 4 is 5.69 Å². The van der Waals surface area contributed by atoms with Crippen molar-refractivity contribution in [2.24, 2.45) is 0 Å². The molecule has 0 bridgehead atoms. The monoisotopic (exact) mass is 216 g/mol. The van der Waals surface area contributed by atoms with Crippen LogP contribution in [0.4, 0.5) is 5.69 Å². The van der Waals surface area contributed by atoms with Gasteiger partial charge in [-0.3, -0.25) is 0 Å². The van der Waals surface area contributed by atoms with Gasteiger partial charge in [0.25, 0.3) is 0 Å². The Bertz CT molecular complexity index is 376. The molecule has 1 atom stereocenters. The van der Waals surface area contributed by atoms with Crippen molar-refractivity contribution in [3.8, 4) is 6.07 Å². The Labute approximate surface area is 96.0 Å². The van der Waals surface area contributed by atoms with Gasteiger partial charge >= 0.3 is 0 Å². The molecule has 1 unspecified atom stereocenters. The molecule has 0 radical (unpaired) electrons. The molecular weight excluding hydrogens is 200 g/mol. The van der Waals surface area contributed by atoms with E-state index in [1.54, 1.807) is 0 Å². The Morgan fingerprint density at radius 3 is 3.12 bits per heavy atom. The van der Waals surface area contributed by atoms with Gasteiger partial charge in [-0.1, -0.05) is 6.07 Å². The van der Waals surface area contributed by atoms with E-state index in [1.807, 2.05) is 24.3 Å². The Hall–Kier alpha value is -1.53. The summed E-state index contributed by atoms with van der Waals surface area (Å²) in [5, 5.41) is 12.3. The molecule has 0 spiro atoms. The highest BCUT2D eigenvalue weighted by Crippen LogP contribution is 2.16. The van der Waals surface area contributed by atoms with Crippen molar-refractivity contribution in [2.75, 3.05) is 18.5 Å². The maximum Gasteiger partial charge on any atom is 0.0992 e. The molecule has 0 amide bonds. The molecule has 1 aliphatic heterocycles. The molecule has 1 saturated heterocycles. The summed E-state index contributed by atoms with van der Waals surface area (Å²) >= 11 is 0. The average Bonchev–Trinajstić information content (AvgIpc) is 2.58. The standard InChI is InChI=1S/C13H16N2O/c14-10-11-3-1-4-13(9-11)15-12-5-2-7-16-8-6-12/h1,3-4,9,12,15H,2,5-8H2. The zero-order valence-electron chi connectivity index (χ0n) is 9.28. The lowest BCUT2D eigenvalue weighted by Crippen LogP contribution is -2.19. The van der Waals surface area contributed by atoms with Crippen LogP contribution in [0.15, 0.2) is 24.3 Å². The Balaban J connectivity index is 1.99. The highest BCUT2D eigenvalue weighted by atomic mass is 16.5. The Morgan fingerprint density at radius 2 is 2.25 bits per heavy atom. The number of nitrogens with one attached hydrogen (secondary N) is 1. The van der Waals surface area contributed by atoms with E-state index in [9.17, 15) is 0 Å². The van der Waals surface area contributed by atoms with Gasteiger partial charge < -0.3 is 10.1 Å². The zero-order valence-corrected chi connectivity index (χ0v) is 9.28. The lowest BCUT2D eigenvalue weighted by atomic mass is 10.1. The van der Waals surface area contributed by atoms with E-state index < -0.39 is 0 Å². The quantitative estimate of drug-likeness (QED) is 0.826. The number of anilines is 1. The normalized spacial score (nSPS) is 20.8. The van der Waals surface area contributed by atoms with Crippen LogP contribution in [0.5, 0.6) is 0 Å². The minimum Gasteiger partial charge on any atom is -0.382 e. The largest absolute Gasteiger partial charge is 0.382 e. The summed E-state index contributed by atoms with van der Waals surface area (Å²) in [7, 11) is 0. The van der Waals surface area contributed by atoms with Crippen LogP contribution in [0.2, 0.25) is 0 Å². The predicted octanol–water partition coefficient (Wildman–Crippen LogP) is 2.54. The van der Waals surface area contributed by atoms with Crippen LogP contribution in [-0.4, -0.2) is 19.3 Å². The van der Waals surface area contributed by atoms with E-state index in [1.165, 1.54) is 0 Å². The molecular formula is C13H16N2O. The molecule has 1 aromatic rings. The topological polar surface area (TPSA) is 45.0 Å². The van der Waals surface area contributed by atoms with Crippen molar-refractivity contribution in [2.45, 2.75) is 25.3 Å². The SMILES string of the molecule is N#Cc1cccc(NC2CCCOCC2)c1. The summed E-state index contributed by atoms with van der Waals surface area (Å²) in [6.07, 6.45) is 3.28. The summed E-state index contributed by atoms with van der Waals surface area (Å²) in [6, 6.07) is 10.3. The third kappa shape index (κ3) is 2.98. The zero-order chi connectivity index (χ0) is 11.2. The van der Waals surface area contributed by atoms with E-state index in [-0.39, 0.29) is 0 Å². The molecule has 0 aliphatic carbocycles. The molecule has 1 N–H and O–H groups in total. The first-order chi connectivity index (χ1) is 7.88. The van der Waals surface area contributed by atoms with E-state index in [4.69, 9.17) is 10.00 Å². The number of nitrogens with zero attached hydrogens (tertiary/aromatic N) is 1. The molecule has 1 aromatic carbocycles. The number of rotatable bonds is 2. The van der Waals surface area contributed by atoms with Crippen LogP contribution in [-0.2, 0) is 4.74 Å². The lowest BCUT2D eigenvalue weighted by Gasteiger charge is -2.16. The maximum absolute atomic E-state index is 8.82. The molecule has 16 heavy (non-hydrogen) atoms. The predicted molar refractivity (Wildman–Crippen MR) is 63.2 cm³/mol. The first kappa shape index (κ1) is 11.0. The van der Waals surface area contributed by atoms with Crippen LogP contribution < -0.4 is 5.32 Å². The molecule has 1 aliphatic rings. The van der Waals surface area contributed by atoms with Gasteiger partial charge in [0.1, 0.15) is 0 Å². The van der Waals surface area contributed by atoms with Gasteiger partial charge in [0, 0.05) is 24.9 Å². The van der Waals surface area contributed by atoms with Gasteiger partial charge in [-0.15, -0.1) is 0 Å². The minimum atomic E-state index is 0.469. The van der Waals surface area contributed by atoms with Gasteiger partial charge in [0.05, 0.1) is 11.6 Å². The fourth-order valence-electron chi connectivity index (χ4n) is 1.96. The lowest BCUT2D eigenvalue weighted by molar-refractivity contribution is 0.144. The van der Waals surface area contributed by atoms with Crippen molar-refractivity contribution in [1.82, 2.24) is 0 Å². The second-order valence-electron chi connectivity index (χ2n) is 4.08. The highest BCUT2D eigenvalue weighted by Gasteiger charge is 2.11. The van der Waals surface area contributed by atoms with Gasteiger partial charge in [-0.05, 0) is 37.5 Å². The van der Waals surface area contributed by atoms with Crippen molar-refractivity contribution < 1.29 is 4.74 Å². The van der Waals surface area contributed by atoms with Gasteiger partial charge in [0.2, 0.25) is 0 Å². The van der Waals surface area contributed by atoms with E-state index in [0.717, 1.165) is 38.2 Å². The molecule has 3 nitrogen and oxygen atoms in total. The molecule has 3 heteroatoms. The van der Waals surface area contributed by atoms with Crippen LogP contribution in [0.1, 0.15) is 24.8 Å². The average molecular weight is 216 g/mol. The Morgan fingerprint density at radius 1 is 1.31 bits per heavy atom. The first-order valence-corrected chi connectivity index (χ1v) is 5.73. The second kappa shape index (κ2) is 5.53. The van der Waals surface area contributed by atoms with E-state index >= 15 is 0 Å². The van der Waals surface area contributed by atoms with Crippen molar-refractivity contribution in [1.29, 1.82) is 5.26 Å². The first-order valence-electron chi connectivity index (χ1n) is 5.73. The fraction of sp³-hybridized carbons (Fsp3) is 0.462. The smallest absolute Gasteiger partial charge is 0.0992 e. The van der Waals surface area contributed by atoms with Crippen molar-refractivity contribution in [3.05, 3.63) is 29.8 Å². The van der Waals surface area contributed by atoms with Gasteiger partial charge in [-0.2, -0.15) is 5.26 Å². The minimum absolute atomic E-state index is 0.469. The van der Waals surface area contributed by atoms with E-state index in [0.29, 0.717) is 11.6 Å². The van der Waals surface area contributed by atoms with Gasteiger partial charge in [0.15, 0.2) is 0 Å². The number of ether oxygens (including phenoxy) is 1. The summed E-state index contributed by atoms with van der Waals surface area (Å²) < 4.78 is 5.41. The molecule has 2 rings (SSSR count). The third-order valence-corrected chi connectivity index (χ3v) is 2.81. The Kier molecular flexibility index (Phi) is 3.79. The molecule has 1 fully saturated rings. The highest BCUT2D eigenvalue weighted by molar-refractivity contribution is 5.49. The number of hydrogen-bond donors (Lipinski definition) is 1. The summed E-state index contributed by atoms with van der Waals surface area (Å²) in [6.45, 7) is 1.70. The number of benzene rings is 1. The van der Waals surface area contributed by atoms with Gasteiger partial charge in [-0.25, -0.2) is 0 Å². The van der Waals surface area contributed by atoms with Crippen LogP contribution >= 0.6 is 0 Å². The molecule has 1 heterocycles. The maximum atomic E-state index is 8.82. The number of hydrogen-bond acceptors (Lipinski definition) is 3. The van der Waals surface area contributed by atoms with Crippen molar-refractivity contribution in [3.63, 3.8) is 0 Å². The third-order valence-electron chi connectivity index (χ3n) is 2.81. The van der Waals surface area contributed by atoms with Crippen LogP contribution in [0, 0.1) is 11.3 Å². The van der Waals surface area contributed by atoms with E-state index in [2.05, 4.69) is 11.4 Å². The van der Waals surface area contributed by atoms with Crippen LogP contribution in [0.3, 0.4) is 0 Å². The summed E-state index contributed by atoms with van der Waals surface area (Å²) in [5.41, 5.74) is 1.74. The second-order valence-corrected chi connectivity index (χ2v) is 4.08. The number of nitriles is 1. The summed E-state index contributed by atoms with van der Waals surface area (Å²) in [5.74, 6) is 0. The fourth-order valence-corrected chi connectivity index (χ4v) is 1.96. The molecule has 0 saturated carbocycles. The van der Waals surface area contributed by atoms with Crippen LogP contribution in [0.25, 0.3) is 0 Å². The summed E-state index contributed by atoms with van der Waals surface area (Å²) in [4.78, 5) is 0. The molecule has 84 valence electrons. The molecule has 0 aromatic heterocycles.